The Labute approximate surface area is 155 Å². The molecule has 0 aliphatic carbocycles. The highest BCUT2D eigenvalue weighted by Crippen LogP contribution is 2.27. The molecule has 7 nitrogen and oxygen atoms in total. The Kier molecular flexibility index (Phi) is 4.81. The molecule has 134 valence electrons. The summed E-state index contributed by atoms with van der Waals surface area (Å²) in [5.74, 6) is 0. The summed E-state index contributed by atoms with van der Waals surface area (Å²) in [6, 6.07) is 3.93. The van der Waals surface area contributed by atoms with E-state index in [4.69, 9.17) is 4.74 Å². The van der Waals surface area contributed by atoms with E-state index in [1.165, 1.54) is 0 Å². The lowest BCUT2D eigenvalue weighted by Crippen LogP contribution is -2.40. The minimum atomic E-state index is -0.504. The summed E-state index contributed by atoms with van der Waals surface area (Å²) in [6.07, 6.45) is 2.13. The summed E-state index contributed by atoms with van der Waals surface area (Å²) in [5.41, 5.74) is 2.42. The lowest BCUT2D eigenvalue weighted by atomic mass is 10.1. The first kappa shape index (κ1) is 17.8. The molecule has 0 spiro atoms. The summed E-state index contributed by atoms with van der Waals surface area (Å²) in [4.78, 5) is 18.2. The quantitative estimate of drug-likeness (QED) is 0.713. The summed E-state index contributed by atoms with van der Waals surface area (Å²) < 4.78 is 8.17. The lowest BCUT2D eigenvalue weighted by Gasteiger charge is -2.30. The van der Waals surface area contributed by atoms with Crippen LogP contribution in [0.4, 0.5) is 4.79 Å². The molecular weight excluding hydrogens is 386 g/mol. The van der Waals surface area contributed by atoms with Gasteiger partial charge in [0.1, 0.15) is 15.9 Å². The number of ether oxygens (including phenoxy) is 1. The third-order valence-electron chi connectivity index (χ3n) is 4.09. The summed E-state index contributed by atoms with van der Waals surface area (Å²) in [5, 5.41) is 8.61. The molecule has 2 aromatic rings. The fourth-order valence-electron chi connectivity index (χ4n) is 2.86. The Morgan fingerprint density at radius 3 is 2.84 bits per heavy atom. The van der Waals surface area contributed by atoms with Crippen molar-refractivity contribution in [1.82, 2.24) is 24.9 Å². The van der Waals surface area contributed by atoms with Gasteiger partial charge < -0.3 is 9.64 Å². The van der Waals surface area contributed by atoms with Crippen molar-refractivity contribution in [3.63, 3.8) is 0 Å². The van der Waals surface area contributed by atoms with Crippen molar-refractivity contribution in [1.29, 1.82) is 0 Å². The minimum absolute atomic E-state index is 0.00685. The zero-order valence-corrected chi connectivity index (χ0v) is 16.4. The fraction of sp³-hybridized carbons (Fsp3) is 0.529. The number of rotatable bonds is 2. The molecule has 0 saturated heterocycles. The number of pyridine rings is 1. The van der Waals surface area contributed by atoms with Crippen LogP contribution >= 0.6 is 15.9 Å². The standard InChI is InChI=1S/C17H22BrN5O2/c1-11(12-6-5-8-19-15(12)18)23-14-7-9-22(10-13(14)20-21-23)16(24)25-17(2,3)4/h5-6,8,11H,7,9-10H2,1-4H3. The van der Waals surface area contributed by atoms with Crippen molar-refractivity contribution in [2.45, 2.75) is 52.3 Å². The minimum Gasteiger partial charge on any atom is -0.444 e. The van der Waals surface area contributed by atoms with Gasteiger partial charge in [-0.2, -0.15) is 0 Å². The molecule has 1 unspecified atom stereocenters. The van der Waals surface area contributed by atoms with Gasteiger partial charge in [0.15, 0.2) is 0 Å². The maximum absolute atomic E-state index is 12.3. The Hall–Kier alpha value is -1.96. The second-order valence-electron chi connectivity index (χ2n) is 7.14. The number of halogens is 1. The number of carbonyl (C=O) groups is 1. The van der Waals surface area contributed by atoms with Crippen molar-refractivity contribution in [2.24, 2.45) is 0 Å². The molecule has 0 saturated carbocycles. The van der Waals surface area contributed by atoms with Gasteiger partial charge in [0, 0.05) is 24.7 Å². The first-order valence-corrected chi connectivity index (χ1v) is 9.07. The van der Waals surface area contributed by atoms with Crippen LogP contribution in [0, 0.1) is 0 Å². The second-order valence-corrected chi connectivity index (χ2v) is 7.89. The fourth-order valence-corrected chi connectivity index (χ4v) is 3.45. The van der Waals surface area contributed by atoms with Gasteiger partial charge in [-0.05, 0) is 49.7 Å². The number of amides is 1. The van der Waals surface area contributed by atoms with Gasteiger partial charge in [0.25, 0.3) is 0 Å². The molecule has 0 N–H and O–H groups in total. The van der Waals surface area contributed by atoms with E-state index in [1.54, 1.807) is 11.1 Å². The largest absolute Gasteiger partial charge is 0.444 e. The van der Waals surface area contributed by atoms with Crippen LogP contribution < -0.4 is 0 Å². The van der Waals surface area contributed by atoms with Gasteiger partial charge >= 0.3 is 6.09 Å². The first-order valence-electron chi connectivity index (χ1n) is 8.27. The highest BCUT2D eigenvalue weighted by Gasteiger charge is 2.30. The van der Waals surface area contributed by atoms with E-state index in [0.717, 1.165) is 21.6 Å². The summed E-state index contributed by atoms with van der Waals surface area (Å²) in [6.45, 7) is 8.68. The molecule has 25 heavy (non-hydrogen) atoms. The van der Waals surface area contributed by atoms with Gasteiger partial charge in [0.2, 0.25) is 0 Å². The van der Waals surface area contributed by atoms with Crippen LogP contribution in [-0.4, -0.2) is 43.1 Å². The van der Waals surface area contributed by atoms with Crippen LogP contribution in [0.3, 0.4) is 0 Å². The smallest absolute Gasteiger partial charge is 0.410 e. The van der Waals surface area contributed by atoms with Crippen molar-refractivity contribution in [3.05, 3.63) is 39.9 Å². The highest BCUT2D eigenvalue weighted by atomic mass is 79.9. The Bertz CT molecular complexity index is 784. The van der Waals surface area contributed by atoms with Crippen molar-refractivity contribution >= 4 is 22.0 Å². The van der Waals surface area contributed by atoms with Crippen molar-refractivity contribution in [2.75, 3.05) is 6.54 Å². The topological polar surface area (TPSA) is 73.1 Å². The third-order valence-corrected chi connectivity index (χ3v) is 4.75. The van der Waals surface area contributed by atoms with E-state index in [1.807, 2.05) is 37.6 Å². The average molecular weight is 408 g/mol. The van der Waals surface area contributed by atoms with Crippen molar-refractivity contribution in [3.8, 4) is 0 Å². The maximum atomic E-state index is 12.3. The molecule has 1 amide bonds. The van der Waals surface area contributed by atoms with Crippen LogP contribution in [0.1, 0.15) is 50.7 Å². The van der Waals surface area contributed by atoms with Gasteiger partial charge in [-0.25, -0.2) is 14.5 Å². The molecule has 2 aromatic heterocycles. The van der Waals surface area contributed by atoms with Crippen molar-refractivity contribution < 1.29 is 9.53 Å². The van der Waals surface area contributed by atoms with Gasteiger partial charge in [0.05, 0.1) is 18.3 Å². The normalized spacial score (nSPS) is 15.6. The maximum Gasteiger partial charge on any atom is 0.410 e. The molecule has 3 heterocycles. The molecule has 1 aliphatic rings. The zero-order chi connectivity index (χ0) is 18.2. The van der Waals surface area contributed by atoms with Crippen LogP contribution in [0.2, 0.25) is 0 Å². The Balaban J connectivity index is 1.79. The Morgan fingerprint density at radius 1 is 1.40 bits per heavy atom. The average Bonchev–Trinajstić information content (AvgIpc) is 2.96. The number of hydrogen-bond acceptors (Lipinski definition) is 5. The molecular formula is C17H22BrN5O2. The van der Waals surface area contributed by atoms with Crippen LogP contribution in [0.25, 0.3) is 0 Å². The number of hydrogen-bond donors (Lipinski definition) is 0. The predicted molar refractivity (Wildman–Crippen MR) is 96.1 cm³/mol. The molecule has 3 rings (SSSR count). The highest BCUT2D eigenvalue weighted by molar-refractivity contribution is 9.10. The molecule has 1 aliphatic heterocycles. The molecule has 1 atom stereocenters. The monoisotopic (exact) mass is 407 g/mol. The first-order chi connectivity index (χ1) is 11.8. The number of aromatic nitrogens is 4. The summed E-state index contributed by atoms with van der Waals surface area (Å²) in [7, 11) is 0. The Morgan fingerprint density at radius 2 is 2.16 bits per heavy atom. The number of carbonyl (C=O) groups excluding carboxylic acids is 1. The molecule has 0 radical (unpaired) electrons. The van der Waals surface area contributed by atoms with Crippen LogP contribution in [0.5, 0.6) is 0 Å². The van der Waals surface area contributed by atoms with Crippen LogP contribution in [-0.2, 0) is 17.7 Å². The van der Waals surface area contributed by atoms with Gasteiger partial charge in [-0.3, -0.25) is 0 Å². The van der Waals surface area contributed by atoms with E-state index in [2.05, 4.69) is 38.1 Å². The van der Waals surface area contributed by atoms with E-state index < -0.39 is 5.60 Å². The van der Waals surface area contributed by atoms with Gasteiger partial charge in [-0.1, -0.05) is 11.3 Å². The molecule has 0 aromatic carbocycles. The predicted octanol–water partition coefficient (Wildman–Crippen LogP) is 3.34. The van der Waals surface area contributed by atoms with E-state index in [9.17, 15) is 4.79 Å². The van der Waals surface area contributed by atoms with Gasteiger partial charge in [-0.15, -0.1) is 5.10 Å². The number of fused-ring (bicyclic) bond motifs is 1. The summed E-state index contributed by atoms with van der Waals surface area (Å²) >= 11 is 3.49. The number of nitrogens with zero attached hydrogens (tertiary/aromatic N) is 5. The molecule has 8 heteroatoms. The second kappa shape index (κ2) is 6.74. The molecule has 0 bridgehead atoms. The van der Waals surface area contributed by atoms with E-state index >= 15 is 0 Å². The zero-order valence-electron chi connectivity index (χ0n) is 14.9. The van der Waals surface area contributed by atoms with E-state index in [-0.39, 0.29) is 12.1 Å². The van der Waals surface area contributed by atoms with E-state index in [0.29, 0.717) is 19.5 Å². The molecule has 0 fully saturated rings. The van der Waals surface area contributed by atoms with Crippen LogP contribution in [0.15, 0.2) is 22.9 Å². The lowest BCUT2D eigenvalue weighted by molar-refractivity contribution is 0.0220. The SMILES string of the molecule is CC(c1cccnc1Br)n1nnc2c1CCN(C(=O)OC(C)(C)C)C2. The third kappa shape index (κ3) is 3.84.